The lowest BCUT2D eigenvalue weighted by molar-refractivity contribution is 0.422. The highest BCUT2D eigenvalue weighted by atomic mass is 16.5. The van der Waals surface area contributed by atoms with Crippen LogP contribution in [-0.2, 0) is 7.05 Å². The van der Waals surface area contributed by atoms with Gasteiger partial charge in [0.05, 0.1) is 5.52 Å². The molecule has 3 rings (SSSR count). The number of nitrogens with zero attached hydrogens (tertiary/aromatic N) is 3. The molecule has 2 heterocycles. The van der Waals surface area contributed by atoms with Crippen molar-refractivity contribution in [3.63, 3.8) is 0 Å². The van der Waals surface area contributed by atoms with Gasteiger partial charge in [-0.2, -0.15) is 5.10 Å². The molecular formula is C11H9N3O. The van der Waals surface area contributed by atoms with Crippen LogP contribution in [0.4, 0.5) is 0 Å². The molecule has 0 aliphatic carbocycles. The Hall–Kier alpha value is -2.10. The van der Waals surface area contributed by atoms with Gasteiger partial charge in [0.1, 0.15) is 12.0 Å². The number of hydrogen-bond acceptors (Lipinski definition) is 3. The van der Waals surface area contributed by atoms with Crippen molar-refractivity contribution in [2.24, 2.45) is 7.05 Å². The van der Waals surface area contributed by atoms with Gasteiger partial charge in [-0.1, -0.05) is 17.3 Å². The molecule has 1 aromatic carbocycles. The van der Waals surface area contributed by atoms with Crippen molar-refractivity contribution < 1.29 is 4.52 Å². The van der Waals surface area contributed by atoms with Crippen LogP contribution in [0.25, 0.3) is 22.2 Å². The van der Waals surface area contributed by atoms with Crippen molar-refractivity contribution in [2.45, 2.75) is 0 Å². The molecule has 0 saturated heterocycles. The highest BCUT2D eigenvalue weighted by molar-refractivity contribution is 5.83. The summed E-state index contributed by atoms with van der Waals surface area (Å²) in [5.41, 5.74) is 2.83. The van der Waals surface area contributed by atoms with Crippen LogP contribution in [0.5, 0.6) is 0 Å². The predicted molar refractivity (Wildman–Crippen MR) is 56.2 cm³/mol. The van der Waals surface area contributed by atoms with Gasteiger partial charge in [-0.25, -0.2) is 0 Å². The maximum absolute atomic E-state index is 4.81. The van der Waals surface area contributed by atoms with Crippen LogP contribution in [0.3, 0.4) is 0 Å². The zero-order valence-corrected chi connectivity index (χ0v) is 8.21. The van der Waals surface area contributed by atoms with Crippen LogP contribution in [0, 0.1) is 0 Å². The third-order valence-electron chi connectivity index (χ3n) is 2.36. The summed E-state index contributed by atoms with van der Waals surface area (Å²) in [5.74, 6) is 0. The first-order chi connectivity index (χ1) is 7.33. The Morgan fingerprint density at radius 1 is 1.27 bits per heavy atom. The number of hydrogen-bond donors (Lipinski definition) is 0. The van der Waals surface area contributed by atoms with Crippen LogP contribution in [-0.4, -0.2) is 14.9 Å². The molecule has 15 heavy (non-hydrogen) atoms. The van der Waals surface area contributed by atoms with E-state index >= 15 is 0 Å². The molecule has 0 unspecified atom stereocenters. The Kier molecular flexibility index (Phi) is 1.62. The molecule has 74 valence electrons. The summed E-state index contributed by atoms with van der Waals surface area (Å²) in [6, 6.07) is 7.89. The van der Waals surface area contributed by atoms with Crippen molar-refractivity contribution >= 4 is 10.9 Å². The fourth-order valence-corrected chi connectivity index (χ4v) is 1.66. The molecule has 0 atom stereocenters. The highest BCUT2D eigenvalue weighted by Gasteiger charge is 2.04. The molecule has 0 amide bonds. The number of aryl methyl sites for hydroxylation is 1. The smallest absolute Gasteiger partial charge is 0.124 e. The fraction of sp³-hybridized carbons (Fsp3) is 0.0909. The zero-order valence-electron chi connectivity index (χ0n) is 8.21. The SMILES string of the molecule is Cn1cc2ccc(-c3ccon3)cc2n1. The lowest BCUT2D eigenvalue weighted by Gasteiger charge is -1.93. The Morgan fingerprint density at radius 2 is 2.20 bits per heavy atom. The Labute approximate surface area is 86.1 Å². The molecule has 0 fully saturated rings. The van der Waals surface area contributed by atoms with E-state index in [0.717, 1.165) is 22.2 Å². The van der Waals surface area contributed by atoms with Crippen LogP contribution >= 0.6 is 0 Å². The number of rotatable bonds is 1. The summed E-state index contributed by atoms with van der Waals surface area (Å²) in [4.78, 5) is 0. The summed E-state index contributed by atoms with van der Waals surface area (Å²) in [7, 11) is 1.91. The van der Waals surface area contributed by atoms with Gasteiger partial charge in [-0.3, -0.25) is 4.68 Å². The average molecular weight is 199 g/mol. The van der Waals surface area contributed by atoms with Crippen molar-refractivity contribution in [1.29, 1.82) is 0 Å². The number of aromatic nitrogens is 3. The molecule has 0 aliphatic rings. The minimum absolute atomic E-state index is 0.836. The Balaban J connectivity index is 2.21. The molecule has 0 N–H and O–H groups in total. The molecule has 0 radical (unpaired) electrons. The quantitative estimate of drug-likeness (QED) is 0.603. The van der Waals surface area contributed by atoms with Gasteiger partial charge in [0, 0.05) is 30.3 Å². The summed E-state index contributed by atoms with van der Waals surface area (Å²) in [6.07, 6.45) is 3.56. The average Bonchev–Trinajstić information content (AvgIpc) is 2.82. The van der Waals surface area contributed by atoms with Crippen LogP contribution in [0.2, 0.25) is 0 Å². The monoisotopic (exact) mass is 199 g/mol. The highest BCUT2D eigenvalue weighted by Crippen LogP contribution is 2.21. The van der Waals surface area contributed by atoms with E-state index in [9.17, 15) is 0 Å². The van der Waals surface area contributed by atoms with Crippen molar-refractivity contribution in [3.8, 4) is 11.3 Å². The van der Waals surface area contributed by atoms with E-state index in [0.29, 0.717) is 0 Å². The van der Waals surface area contributed by atoms with E-state index in [1.165, 1.54) is 0 Å². The first-order valence-corrected chi connectivity index (χ1v) is 4.67. The first-order valence-electron chi connectivity index (χ1n) is 4.67. The van der Waals surface area contributed by atoms with Gasteiger partial charge in [0.2, 0.25) is 0 Å². The molecule has 0 bridgehead atoms. The summed E-state index contributed by atoms with van der Waals surface area (Å²) in [6.45, 7) is 0. The van der Waals surface area contributed by atoms with Crippen molar-refractivity contribution in [2.75, 3.05) is 0 Å². The Morgan fingerprint density at radius 3 is 3.00 bits per heavy atom. The topological polar surface area (TPSA) is 43.9 Å². The normalized spacial score (nSPS) is 11.0. The molecule has 2 aromatic heterocycles. The molecule has 0 spiro atoms. The fourth-order valence-electron chi connectivity index (χ4n) is 1.66. The second-order valence-electron chi connectivity index (χ2n) is 3.46. The Bertz CT molecular complexity index is 595. The van der Waals surface area contributed by atoms with Crippen LogP contribution in [0.15, 0.2) is 41.2 Å². The van der Waals surface area contributed by atoms with Gasteiger partial charge < -0.3 is 4.52 Å². The summed E-state index contributed by atoms with van der Waals surface area (Å²) >= 11 is 0. The minimum atomic E-state index is 0.836. The minimum Gasteiger partial charge on any atom is -0.364 e. The van der Waals surface area contributed by atoms with Crippen LogP contribution in [0.1, 0.15) is 0 Å². The van der Waals surface area contributed by atoms with E-state index in [1.807, 2.05) is 37.5 Å². The van der Waals surface area contributed by atoms with E-state index in [2.05, 4.69) is 10.3 Å². The molecule has 0 saturated carbocycles. The van der Waals surface area contributed by atoms with Gasteiger partial charge in [-0.15, -0.1) is 0 Å². The molecule has 4 nitrogen and oxygen atoms in total. The van der Waals surface area contributed by atoms with Gasteiger partial charge in [0.15, 0.2) is 0 Å². The van der Waals surface area contributed by atoms with Gasteiger partial charge in [-0.05, 0) is 6.07 Å². The standard InChI is InChI=1S/C11H9N3O/c1-14-7-9-3-2-8(6-11(9)12-14)10-4-5-15-13-10/h2-7H,1H3. The third kappa shape index (κ3) is 1.30. The maximum Gasteiger partial charge on any atom is 0.124 e. The van der Waals surface area contributed by atoms with Crippen molar-refractivity contribution in [1.82, 2.24) is 14.9 Å². The molecule has 4 heteroatoms. The molecule has 0 aliphatic heterocycles. The maximum atomic E-state index is 4.81. The lowest BCUT2D eigenvalue weighted by atomic mass is 10.1. The lowest BCUT2D eigenvalue weighted by Crippen LogP contribution is -1.84. The van der Waals surface area contributed by atoms with E-state index < -0.39 is 0 Å². The summed E-state index contributed by atoms with van der Waals surface area (Å²) < 4.78 is 6.61. The largest absolute Gasteiger partial charge is 0.364 e. The van der Waals surface area contributed by atoms with E-state index in [-0.39, 0.29) is 0 Å². The van der Waals surface area contributed by atoms with Gasteiger partial charge >= 0.3 is 0 Å². The number of fused-ring (bicyclic) bond motifs is 1. The third-order valence-corrected chi connectivity index (χ3v) is 2.36. The van der Waals surface area contributed by atoms with Crippen LogP contribution < -0.4 is 0 Å². The molecular weight excluding hydrogens is 190 g/mol. The first kappa shape index (κ1) is 8.23. The van der Waals surface area contributed by atoms with E-state index in [4.69, 9.17) is 4.52 Å². The second kappa shape index (κ2) is 2.95. The zero-order chi connectivity index (χ0) is 10.3. The number of benzene rings is 1. The molecule has 3 aromatic rings. The predicted octanol–water partition coefficient (Wildman–Crippen LogP) is 2.23. The second-order valence-corrected chi connectivity index (χ2v) is 3.46. The summed E-state index contributed by atoms with van der Waals surface area (Å²) in [5, 5.41) is 9.36. The van der Waals surface area contributed by atoms with E-state index in [1.54, 1.807) is 10.9 Å². The van der Waals surface area contributed by atoms with Gasteiger partial charge in [0.25, 0.3) is 0 Å². The van der Waals surface area contributed by atoms with Crippen molar-refractivity contribution in [3.05, 3.63) is 36.7 Å².